The molecule has 310 valence electrons. The normalized spacial score (nSPS) is 16.5. The predicted molar refractivity (Wildman–Crippen MR) is 274 cm³/mol. The molecule has 1 spiro atoms. The van der Waals surface area contributed by atoms with Gasteiger partial charge in [0.05, 0.1) is 5.41 Å². The topological polar surface area (TPSA) is 6.48 Å². The summed E-state index contributed by atoms with van der Waals surface area (Å²) >= 11 is 2.71. The lowest BCUT2D eigenvalue weighted by Crippen LogP contribution is -2.27. The van der Waals surface area contributed by atoms with E-state index in [1.165, 1.54) is 101 Å². The molecule has 0 aliphatic heterocycles. The molecule has 0 aromatic heterocycles. The van der Waals surface area contributed by atoms with Gasteiger partial charge >= 0.3 is 0 Å². The molecule has 1 fully saturated rings. The van der Waals surface area contributed by atoms with Crippen molar-refractivity contribution in [2.24, 2.45) is 0 Å². The zero-order valence-electron chi connectivity index (χ0n) is 36.3. The van der Waals surface area contributed by atoms with Crippen molar-refractivity contribution in [1.82, 2.24) is 0 Å². The Morgan fingerprint density at radius 1 is 0.444 bits per heavy atom. The molecule has 0 saturated heterocycles. The third-order valence-electron chi connectivity index (χ3n) is 14.2. The summed E-state index contributed by atoms with van der Waals surface area (Å²) in [5.74, 6) is 0. The second-order valence-electron chi connectivity index (χ2n) is 17.9. The van der Waals surface area contributed by atoms with Crippen LogP contribution in [0.4, 0.5) is 34.1 Å². The summed E-state index contributed by atoms with van der Waals surface area (Å²) in [7, 11) is 0. The summed E-state index contributed by atoms with van der Waals surface area (Å²) in [6, 6.07) is 73.1. The smallest absolute Gasteiger partial charge is 0.0726 e. The highest BCUT2D eigenvalue weighted by Crippen LogP contribution is 2.65. The molecule has 3 heteroatoms. The van der Waals surface area contributed by atoms with Crippen LogP contribution < -0.4 is 9.80 Å². The van der Waals surface area contributed by atoms with E-state index in [2.05, 4.69) is 240 Å². The molecule has 0 heterocycles. The van der Waals surface area contributed by atoms with Gasteiger partial charge < -0.3 is 9.80 Å². The molecule has 0 amide bonds. The molecule has 0 bridgehead atoms. The molecule has 3 aliphatic rings. The Balaban J connectivity index is 1.11. The maximum absolute atomic E-state index is 2.71. The van der Waals surface area contributed by atoms with Crippen LogP contribution in [0.25, 0.3) is 22.3 Å². The van der Waals surface area contributed by atoms with Crippen molar-refractivity contribution in [1.29, 1.82) is 0 Å². The van der Waals surface area contributed by atoms with E-state index in [-0.39, 0.29) is 0 Å². The van der Waals surface area contributed by atoms with Crippen LogP contribution in [0.1, 0.15) is 96.1 Å². The first kappa shape index (κ1) is 39.9. The zero-order valence-corrected chi connectivity index (χ0v) is 38.4. The van der Waals surface area contributed by atoms with Gasteiger partial charge in [0.2, 0.25) is 0 Å². The Morgan fingerprint density at radius 2 is 0.905 bits per heavy atom. The Kier molecular flexibility index (Phi) is 10.3. The van der Waals surface area contributed by atoms with Gasteiger partial charge in [-0.2, -0.15) is 0 Å². The first-order valence-electron chi connectivity index (χ1n) is 23.1. The number of anilines is 6. The van der Waals surface area contributed by atoms with Crippen molar-refractivity contribution < 1.29 is 0 Å². The molecule has 2 atom stereocenters. The lowest BCUT2D eigenvalue weighted by molar-refractivity contribution is 0.605. The molecule has 63 heavy (non-hydrogen) atoms. The summed E-state index contributed by atoms with van der Waals surface area (Å²) < 4.78 is 0.460. The number of para-hydroxylation sites is 3. The van der Waals surface area contributed by atoms with Crippen molar-refractivity contribution in [3.05, 3.63) is 228 Å². The fourth-order valence-corrected chi connectivity index (χ4v) is 11.9. The van der Waals surface area contributed by atoms with Gasteiger partial charge in [0.25, 0.3) is 0 Å². The first-order chi connectivity index (χ1) is 31.0. The quantitative estimate of drug-likeness (QED) is 0.0840. The molecule has 1 saturated carbocycles. The number of unbranched alkanes of at least 4 members (excludes halogenated alkanes) is 1. The zero-order chi connectivity index (χ0) is 42.5. The number of rotatable bonds is 13. The van der Waals surface area contributed by atoms with Gasteiger partial charge in [0.15, 0.2) is 0 Å². The Hall–Kier alpha value is -5.91. The van der Waals surface area contributed by atoms with Crippen LogP contribution in [0.5, 0.6) is 0 Å². The largest absolute Gasteiger partial charge is 0.311 e. The van der Waals surface area contributed by atoms with Crippen LogP contribution in [0, 0.1) is 0 Å². The van der Waals surface area contributed by atoms with E-state index < -0.39 is 5.41 Å². The van der Waals surface area contributed by atoms with Crippen LogP contribution in [0.2, 0.25) is 0 Å². The number of alkyl halides is 1. The average molecular weight is 929 g/mol. The lowest BCUT2D eigenvalue weighted by Gasteiger charge is -2.33. The van der Waals surface area contributed by atoms with Crippen molar-refractivity contribution >= 4 is 56.7 Å². The second-order valence-corrected chi connectivity index (χ2v) is 19.4. The molecular formula is C60H53IN2. The maximum atomic E-state index is 2.71. The molecule has 2 unspecified atom stereocenters. The van der Waals surface area contributed by atoms with Crippen molar-refractivity contribution in [3.63, 3.8) is 0 Å². The van der Waals surface area contributed by atoms with E-state index in [0.29, 0.717) is 9.34 Å². The summed E-state index contributed by atoms with van der Waals surface area (Å²) in [5.41, 5.74) is 20.7. The molecule has 8 aromatic carbocycles. The van der Waals surface area contributed by atoms with Gasteiger partial charge in [-0.3, -0.25) is 0 Å². The molecule has 2 nitrogen and oxygen atoms in total. The number of hydrogen-bond acceptors (Lipinski definition) is 2. The van der Waals surface area contributed by atoms with E-state index in [1.807, 2.05) is 0 Å². The molecular weight excluding hydrogens is 876 g/mol. The Morgan fingerprint density at radius 3 is 1.48 bits per heavy atom. The van der Waals surface area contributed by atoms with E-state index in [1.54, 1.807) is 0 Å². The van der Waals surface area contributed by atoms with E-state index in [4.69, 9.17) is 0 Å². The van der Waals surface area contributed by atoms with Gasteiger partial charge in [-0.25, -0.2) is 0 Å². The number of halogens is 1. The third kappa shape index (κ3) is 6.65. The van der Waals surface area contributed by atoms with Gasteiger partial charge in [0, 0.05) is 38.0 Å². The minimum atomic E-state index is -0.444. The van der Waals surface area contributed by atoms with E-state index in [9.17, 15) is 0 Å². The fraction of sp³-hybridized carbons (Fsp3) is 0.200. The fourth-order valence-electron chi connectivity index (χ4n) is 11.1. The molecule has 8 aromatic rings. The van der Waals surface area contributed by atoms with Gasteiger partial charge in [0.1, 0.15) is 0 Å². The highest BCUT2D eigenvalue weighted by atomic mass is 127. The van der Waals surface area contributed by atoms with Crippen molar-refractivity contribution in [3.8, 4) is 22.3 Å². The maximum Gasteiger partial charge on any atom is 0.0726 e. The monoisotopic (exact) mass is 928 g/mol. The van der Waals surface area contributed by atoms with E-state index in [0.717, 1.165) is 34.1 Å². The van der Waals surface area contributed by atoms with Crippen LogP contribution in [-0.2, 0) is 10.8 Å². The number of hydrogen-bond donors (Lipinski definition) is 0. The number of nitrogens with zero attached hydrogens (tertiary/aromatic N) is 2. The Labute approximate surface area is 387 Å². The van der Waals surface area contributed by atoms with Crippen LogP contribution in [0.15, 0.2) is 194 Å². The average Bonchev–Trinajstić information content (AvgIpc) is 4.00. The summed E-state index contributed by atoms with van der Waals surface area (Å²) in [5, 5.41) is 0. The molecule has 0 N–H and O–H groups in total. The Bertz CT molecular complexity index is 2880. The van der Waals surface area contributed by atoms with Gasteiger partial charge in [-0.1, -0.05) is 177 Å². The second kappa shape index (κ2) is 16.3. The minimum Gasteiger partial charge on any atom is -0.311 e. The van der Waals surface area contributed by atoms with Crippen LogP contribution in [-0.4, -0.2) is 0 Å². The highest BCUT2D eigenvalue weighted by Gasteiger charge is 2.53. The summed E-state index contributed by atoms with van der Waals surface area (Å²) in [6.45, 7) is 4.66. The van der Waals surface area contributed by atoms with Gasteiger partial charge in [-0.05, 0) is 160 Å². The standard InChI is InChI=1S/C60H53IN2/c1-3-5-25-58(61)42-26-33-51-52-34-27-43(59(36-4-2)37-38-59)40-56(52)60(55(51)39-42)54-24-16-15-23-50(54)53-35-32-49(41-57(53)60)63(46-21-13-8-14-22-46)48-30-28-47(29-31-48)62(44-17-9-6-10-18-44)45-19-11-7-12-20-45/h6-24,26-35,39-41,58H,3-5,25,36-38H2,1-2H3. The summed E-state index contributed by atoms with van der Waals surface area (Å²) in [4.78, 5) is 4.78. The number of benzene rings is 8. The minimum absolute atomic E-state index is 0.300. The van der Waals surface area contributed by atoms with Gasteiger partial charge in [-0.15, -0.1) is 0 Å². The van der Waals surface area contributed by atoms with Crippen molar-refractivity contribution in [2.75, 3.05) is 9.80 Å². The first-order valence-corrected chi connectivity index (χ1v) is 24.3. The highest BCUT2D eigenvalue weighted by molar-refractivity contribution is 14.1. The lowest BCUT2D eigenvalue weighted by atomic mass is 9.69. The SMILES string of the molecule is CCCCC(I)c1ccc2c(c1)C1(c3ccccc3-c3ccc(N(c4ccccc4)c4ccc(N(c5ccccc5)c5ccccc5)cc4)cc31)c1cc(C3(CCC)CC3)ccc1-2. The summed E-state index contributed by atoms with van der Waals surface area (Å²) in [6.07, 6.45) is 8.67. The molecule has 11 rings (SSSR count). The van der Waals surface area contributed by atoms with E-state index >= 15 is 0 Å². The van der Waals surface area contributed by atoms with Crippen LogP contribution in [0.3, 0.4) is 0 Å². The van der Waals surface area contributed by atoms with Crippen LogP contribution >= 0.6 is 22.6 Å². The number of fused-ring (bicyclic) bond motifs is 10. The third-order valence-corrected chi connectivity index (χ3v) is 15.6. The predicted octanol–water partition coefficient (Wildman–Crippen LogP) is 17.5. The van der Waals surface area contributed by atoms with Crippen molar-refractivity contribution in [2.45, 2.75) is 73.5 Å². The molecule has 3 aliphatic carbocycles. The molecule has 0 radical (unpaired) electrons.